The first kappa shape index (κ1) is 12.5. The Bertz CT molecular complexity index is 598. The molecule has 0 saturated heterocycles. The van der Waals surface area contributed by atoms with Crippen LogP contribution in [0.15, 0.2) is 45.3 Å². The SMILES string of the molecule is CCOc1cc(Sc2nccc(=O)[nH]2)ccc1N. The first-order valence-electron chi connectivity index (χ1n) is 5.44. The molecular weight excluding hydrogens is 250 g/mol. The van der Waals surface area contributed by atoms with Crippen molar-refractivity contribution in [2.45, 2.75) is 17.0 Å². The third-order valence-corrected chi connectivity index (χ3v) is 3.04. The molecule has 0 fully saturated rings. The van der Waals surface area contributed by atoms with E-state index >= 15 is 0 Å². The van der Waals surface area contributed by atoms with Crippen molar-refractivity contribution >= 4 is 17.4 Å². The molecule has 6 heteroatoms. The first-order valence-corrected chi connectivity index (χ1v) is 6.26. The van der Waals surface area contributed by atoms with Crippen LogP contribution in [0.25, 0.3) is 0 Å². The van der Waals surface area contributed by atoms with Gasteiger partial charge in [0.15, 0.2) is 5.16 Å². The number of nitrogens with one attached hydrogen (secondary N) is 1. The number of nitrogens with zero attached hydrogens (tertiary/aromatic N) is 1. The largest absolute Gasteiger partial charge is 0.492 e. The van der Waals surface area contributed by atoms with E-state index in [0.29, 0.717) is 23.2 Å². The van der Waals surface area contributed by atoms with Crippen molar-refractivity contribution < 1.29 is 4.74 Å². The van der Waals surface area contributed by atoms with E-state index in [0.717, 1.165) is 4.90 Å². The Hall–Kier alpha value is -1.95. The fraction of sp³-hybridized carbons (Fsp3) is 0.167. The minimum atomic E-state index is -0.173. The molecule has 5 nitrogen and oxygen atoms in total. The summed E-state index contributed by atoms with van der Waals surface area (Å²) in [4.78, 5) is 18.8. The van der Waals surface area contributed by atoms with E-state index in [1.807, 2.05) is 19.1 Å². The topological polar surface area (TPSA) is 81.0 Å². The maximum absolute atomic E-state index is 11.2. The summed E-state index contributed by atoms with van der Waals surface area (Å²) < 4.78 is 5.41. The summed E-state index contributed by atoms with van der Waals surface area (Å²) >= 11 is 1.35. The summed E-state index contributed by atoms with van der Waals surface area (Å²) in [6, 6.07) is 6.83. The van der Waals surface area contributed by atoms with Crippen LogP contribution in [0.4, 0.5) is 5.69 Å². The molecule has 0 aliphatic heterocycles. The van der Waals surface area contributed by atoms with E-state index in [1.165, 1.54) is 24.0 Å². The highest BCUT2D eigenvalue weighted by Crippen LogP contribution is 2.30. The average Bonchev–Trinajstić information content (AvgIpc) is 2.34. The van der Waals surface area contributed by atoms with Crippen LogP contribution in [0.5, 0.6) is 5.75 Å². The highest BCUT2D eigenvalue weighted by atomic mass is 32.2. The average molecular weight is 263 g/mol. The number of nitrogens with two attached hydrogens (primary N) is 1. The molecule has 0 aliphatic rings. The molecule has 0 saturated carbocycles. The van der Waals surface area contributed by atoms with Crippen LogP contribution in [-0.4, -0.2) is 16.6 Å². The molecule has 0 spiro atoms. The summed E-state index contributed by atoms with van der Waals surface area (Å²) in [5, 5.41) is 0.537. The van der Waals surface area contributed by atoms with E-state index in [-0.39, 0.29) is 5.56 Å². The highest BCUT2D eigenvalue weighted by Gasteiger charge is 2.04. The second-order valence-electron chi connectivity index (χ2n) is 3.47. The normalized spacial score (nSPS) is 10.3. The standard InChI is InChI=1S/C12H13N3O2S/c1-2-17-10-7-8(3-4-9(10)13)18-12-14-6-5-11(16)15-12/h3-7H,2,13H2,1H3,(H,14,15,16). The van der Waals surface area contributed by atoms with Crippen molar-refractivity contribution in [2.75, 3.05) is 12.3 Å². The first-order chi connectivity index (χ1) is 8.69. The maximum Gasteiger partial charge on any atom is 0.251 e. The van der Waals surface area contributed by atoms with Gasteiger partial charge in [-0.3, -0.25) is 4.79 Å². The third kappa shape index (κ3) is 3.04. The smallest absolute Gasteiger partial charge is 0.251 e. The van der Waals surface area contributed by atoms with Crippen molar-refractivity contribution in [3.05, 3.63) is 40.8 Å². The van der Waals surface area contributed by atoms with Gasteiger partial charge in [-0.1, -0.05) is 11.8 Å². The minimum Gasteiger partial charge on any atom is -0.492 e. The van der Waals surface area contributed by atoms with Crippen LogP contribution in [0, 0.1) is 0 Å². The van der Waals surface area contributed by atoms with Gasteiger partial charge in [0.1, 0.15) is 5.75 Å². The molecule has 1 aromatic carbocycles. The number of H-pyrrole nitrogens is 1. The summed E-state index contributed by atoms with van der Waals surface area (Å²) in [7, 11) is 0. The lowest BCUT2D eigenvalue weighted by Crippen LogP contribution is -2.05. The van der Waals surface area contributed by atoms with Crippen molar-refractivity contribution in [3.8, 4) is 5.75 Å². The fourth-order valence-electron chi connectivity index (χ4n) is 1.37. The second-order valence-corrected chi connectivity index (χ2v) is 4.54. The van der Waals surface area contributed by atoms with Gasteiger partial charge in [-0.25, -0.2) is 4.98 Å². The van der Waals surface area contributed by atoms with E-state index in [2.05, 4.69) is 9.97 Å². The Labute approximate surface area is 108 Å². The molecule has 94 valence electrons. The molecule has 2 rings (SSSR count). The van der Waals surface area contributed by atoms with Gasteiger partial charge < -0.3 is 15.5 Å². The van der Waals surface area contributed by atoms with Crippen LogP contribution in [0.2, 0.25) is 0 Å². The molecule has 18 heavy (non-hydrogen) atoms. The van der Waals surface area contributed by atoms with Crippen LogP contribution in [-0.2, 0) is 0 Å². The second kappa shape index (κ2) is 5.59. The van der Waals surface area contributed by atoms with Gasteiger partial charge in [0, 0.05) is 17.2 Å². The van der Waals surface area contributed by atoms with Crippen LogP contribution in [0.1, 0.15) is 6.92 Å². The Morgan fingerprint density at radius 1 is 1.44 bits per heavy atom. The molecule has 0 aliphatic carbocycles. The van der Waals surface area contributed by atoms with E-state index in [9.17, 15) is 4.79 Å². The highest BCUT2D eigenvalue weighted by molar-refractivity contribution is 7.99. The van der Waals surface area contributed by atoms with E-state index in [1.54, 1.807) is 6.07 Å². The van der Waals surface area contributed by atoms with Gasteiger partial charge >= 0.3 is 0 Å². The van der Waals surface area contributed by atoms with Crippen LogP contribution in [0.3, 0.4) is 0 Å². The predicted octanol–water partition coefficient (Wildman–Crippen LogP) is 1.90. The predicted molar refractivity (Wildman–Crippen MR) is 71.0 cm³/mol. The van der Waals surface area contributed by atoms with Crippen molar-refractivity contribution in [2.24, 2.45) is 0 Å². The van der Waals surface area contributed by atoms with Gasteiger partial charge in [-0.05, 0) is 25.1 Å². The van der Waals surface area contributed by atoms with Crippen LogP contribution < -0.4 is 16.0 Å². The Balaban J connectivity index is 2.24. The van der Waals surface area contributed by atoms with Crippen molar-refractivity contribution in [1.82, 2.24) is 9.97 Å². The van der Waals surface area contributed by atoms with Gasteiger partial charge in [-0.2, -0.15) is 0 Å². The molecular formula is C12H13N3O2S. The molecule has 2 aromatic rings. The number of ether oxygens (including phenoxy) is 1. The molecule has 1 aromatic heterocycles. The maximum atomic E-state index is 11.2. The quantitative estimate of drug-likeness (QED) is 0.650. The van der Waals surface area contributed by atoms with Gasteiger partial charge in [-0.15, -0.1) is 0 Å². The molecule has 0 unspecified atom stereocenters. The van der Waals surface area contributed by atoms with Gasteiger partial charge in [0.2, 0.25) is 0 Å². The Morgan fingerprint density at radius 2 is 2.28 bits per heavy atom. The third-order valence-electron chi connectivity index (χ3n) is 2.15. The lowest BCUT2D eigenvalue weighted by Gasteiger charge is -2.08. The number of hydrogen-bond donors (Lipinski definition) is 2. The van der Waals surface area contributed by atoms with Gasteiger partial charge in [0.25, 0.3) is 5.56 Å². The number of aromatic nitrogens is 2. The zero-order chi connectivity index (χ0) is 13.0. The number of hydrogen-bond acceptors (Lipinski definition) is 5. The van der Waals surface area contributed by atoms with E-state index < -0.39 is 0 Å². The molecule has 3 N–H and O–H groups in total. The van der Waals surface area contributed by atoms with Crippen LogP contribution >= 0.6 is 11.8 Å². The summed E-state index contributed by atoms with van der Waals surface area (Å²) in [5.41, 5.74) is 6.21. The molecule has 0 amide bonds. The Kier molecular flexibility index (Phi) is 3.88. The monoisotopic (exact) mass is 263 g/mol. The zero-order valence-corrected chi connectivity index (χ0v) is 10.7. The zero-order valence-electron chi connectivity index (χ0n) is 9.84. The summed E-state index contributed by atoms with van der Waals surface area (Å²) in [6.07, 6.45) is 1.47. The fourth-order valence-corrected chi connectivity index (χ4v) is 2.16. The molecule has 0 atom stereocenters. The number of anilines is 1. The summed E-state index contributed by atoms with van der Waals surface area (Å²) in [6.45, 7) is 2.45. The van der Waals surface area contributed by atoms with E-state index in [4.69, 9.17) is 10.5 Å². The molecule has 1 heterocycles. The summed E-state index contributed by atoms with van der Waals surface area (Å²) in [5.74, 6) is 0.640. The lowest BCUT2D eigenvalue weighted by atomic mass is 10.3. The minimum absolute atomic E-state index is 0.173. The van der Waals surface area contributed by atoms with Crippen molar-refractivity contribution in [3.63, 3.8) is 0 Å². The van der Waals surface area contributed by atoms with Gasteiger partial charge in [0.05, 0.1) is 12.3 Å². The number of nitrogen functional groups attached to an aromatic ring is 1. The number of aromatic amines is 1. The van der Waals surface area contributed by atoms with Crippen molar-refractivity contribution in [1.29, 1.82) is 0 Å². The molecule has 0 radical (unpaired) electrons. The Morgan fingerprint density at radius 3 is 3.00 bits per heavy atom. The number of benzene rings is 1. The number of rotatable bonds is 4. The molecule has 0 bridgehead atoms. The lowest BCUT2D eigenvalue weighted by molar-refractivity contribution is 0.341.